The molecule has 0 unspecified atom stereocenters. The Morgan fingerprint density at radius 3 is 1.47 bits per heavy atom. The van der Waals surface area contributed by atoms with Gasteiger partial charge in [0.2, 0.25) is 0 Å². The van der Waals surface area contributed by atoms with Crippen molar-refractivity contribution in [1.29, 1.82) is 0 Å². The average Bonchev–Trinajstić information content (AvgIpc) is 3.83. The van der Waals surface area contributed by atoms with E-state index >= 15 is 0 Å². The number of rotatable bonds is 3. The van der Waals surface area contributed by atoms with Crippen molar-refractivity contribution in [2.24, 2.45) is 0 Å². The summed E-state index contributed by atoms with van der Waals surface area (Å²) >= 11 is 0. The summed E-state index contributed by atoms with van der Waals surface area (Å²) < 4.78 is 7.02. The first-order valence-electron chi connectivity index (χ1n) is 16.6. The molecule has 11 rings (SSSR count). The molecule has 0 saturated carbocycles. The van der Waals surface area contributed by atoms with Crippen LogP contribution in [0.1, 0.15) is 0 Å². The molecular weight excluding hydrogens is 599 g/mol. The molecule has 0 aliphatic rings. The lowest BCUT2D eigenvalue weighted by molar-refractivity contribution is 1.11. The second kappa shape index (κ2) is 9.89. The van der Waals surface area contributed by atoms with Crippen LogP contribution in [0.15, 0.2) is 164 Å². The SMILES string of the molecule is c1ccc(-c2nc3c(-n4c5ccccc5c5ccccc54)cc(-n4c5ccccc5c5ccccc54)cc3c3nc4ccccc4n23)cc1. The van der Waals surface area contributed by atoms with Gasteiger partial charge >= 0.3 is 0 Å². The molecule has 0 N–H and O–H groups in total. The largest absolute Gasteiger partial charge is 0.309 e. The summed E-state index contributed by atoms with van der Waals surface area (Å²) in [7, 11) is 0. The van der Waals surface area contributed by atoms with E-state index in [0.717, 1.165) is 72.4 Å². The first-order valence-corrected chi connectivity index (χ1v) is 16.6. The van der Waals surface area contributed by atoms with Gasteiger partial charge in [0.1, 0.15) is 17.0 Å². The van der Waals surface area contributed by atoms with E-state index < -0.39 is 0 Å². The molecule has 0 radical (unpaired) electrons. The predicted octanol–water partition coefficient (Wildman–Crippen LogP) is 10.9. The van der Waals surface area contributed by atoms with E-state index in [9.17, 15) is 0 Å². The standard InChI is InChI=1S/C44H27N5/c1-2-14-28(15-3-1)43-46-42-34(44-45-35-20-8-13-25-40(35)49(43)44)26-29(47-36-21-9-4-16-30(36)31-17-5-10-22-37(31)47)27-41(42)48-38-23-11-6-18-32(38)33-19-7-12-24-39(33)48/h1-27H. The third-order valence-electron chi connectivity index (χ3n) is 10.00. The minimum absolute atomic E-state index is 0.864. The van der Waals surface area contributed by atoms with Gasteiger partial charge in [0.15, 0.2) is 0 Å². The Bertz CT molecular complexity index is 3000. The molecule has 49 heavy (non-hydrogen) atoms. The molecule has 0 atom stereocenters. The third kappa shape index (κ3) is 3.64. The Labute approximate surface area is 280 Å². The maximum atomic E-state index is 5.61. The van der Waals surface area contributed by atoms with Gasteiger partial charge < -0.3 is 9.13 Å². The fraction of sp³-hybridized carbons (Fsp3) is 0. The van der Waals surface area contributed by atoms with E-state index in [0.29, 0.717) is 0 Å². The first-order chi connectivity index (χ1) is 24.3. The van der Waals surface area contributed by atoms with Crippen molar-refractivity contribution in [3.8, 4) is 22.8 Å². The molecule has 0 amide bonds. The quantitative estimate of drug-likeness (QED) is 0.196. The summed E-state index contributed by atoms with van der Waals surface area (Å²) in [5, 5.41) is 5.87. The second-order valence-corrected chi connectivity index (χ2v) is 12.7. The monoisotopic (exact) mass is 625 g/mol. The summed E-state index contributed by atoms with van der Waals surface area (Å²) in [6.45, 7) is 0. The molecule has 4 heterocycles. The maximum Gasteiger partial charge on any atom is 0.149 e. The lowest BCUT2D eigenvalue weighted by atomic mass is 10.1. The molecule has 4 aromatic heterocycles. The molecular formula is C44H27N5. The van der Waals surface area contributed by atoms with E-state index in [2.05, 4.69) is 177 Å². The van der Waals surface area contributed by atoms with Crippen LogP contribution in [0.4, 0.5) is 0 Å². The molecule has 5 nitrogen and oxygen atoms in total. The molecule has 0 saturated heterocycles. The lowest BCUT2D eigenvalue weighted by Crippen LogP contribution is -2.05. The van der Waals surface area contributed by atoms with Crippen LogP contribution in [-0.2, 0) is 0 Å². The third-order valence-corrected chi connectivity index (χ3v) is 10.00. The minimum atomic E-state index is 0.864. The molecule has 0 aliphatic heterocycles. The summed E-state index contributed by atoms with van der Waals surface area (Å²) in [6.07, 6.45) is 0. The highest BCUT2D eigenvalue weighted by Crippen LogP contribution is 2.40. The van der Waals surface area contributed by atoms with Crippen LogP contribution in [0.5, 0.6) is 0 Å². The van der Waals surface area contributed by atoms with Crippen molar-refractivity contribution >= 4 is 71.2 Å². The Balaban J connectivity index is 1.39. The summed E-state index contributed by atoms with van der Waals surface area (Å²) in [4.78, 5) is 10.9. The smallest absolute Gasteiger partial charge is 0.149 e. The normalized spacial score (nSPS) is 12.1. The number of nitrogens with zero attached hydrogens (tertiary/aromatic N) is 5. The predicted molar refractivity (Wildman–Crippen MR) is 202 cm³/mol. The van der Waals surface area contributed by atoms with Crippen molar-refractivity contribution in [2.75, 3.05) is 0 Å². The zero-order valence-electron chi connectivity index (χ0n) is 26.3. The van der Waals surface area contributed by atoms with E-state index in [1.807, 2.05) is 0 Å². The van der Waals surface area contributed by atoms with E-state index in [4.69, 9.17) is 9.97 Å². The van der Waals surface area contributed by atoms with Crippen molar-refractivity contribution in [2.45, 2.75) is 0 Å². The van der Waals surface area contributed by atoms with Gasteiger partial charge in [0.05, 0.1) is 38.8 Å². The highest BCUT2D eigenvalue weighted by molar-refractivity contribution is 6.13. The van der Waals surface area contributed by atoms with Crippen LogP contribution >= 0.6 is 0 Å². The van der Waals surface area contributed by atoms with Crippen LogP contribution in [0, 0.1) is 0 Å². The summed E-state index contributed by atoms with van der Waals surface area (Å²) in [5.41, 5.74) is 11.5. The van der Waals surface area contributed by atoms with Crippen LogP contribution < -0.4 is 0 Å². The Morgan fingerprint density at radius 1 is 0.388 bits per heavy atom. The molecule has 7 aromatic carbocycles. The molecule has 5 heteroatoms. The zero-order valence-corrected chi connectivity index (χ0v) is 26.3. The second-order valence-electron chi connectivity index (χ2n) is 12.7. The summed E-state index contributed by atoms with van der Waals surface area (Å²) in [5.74, 6) is 0.864. The topological polar surface area (TPSA) is 40.0 Å². The van der Waals surface area contributed by atoms with Crippen LogP contribution in [0.2, 0.25) is 0 Å². The van der Waals surface area contributed by atoms with E-state index in [1.165, 1.54) is 21.5 Å². The van der Waals surface area contributed by atoms with E-state index in [1.54, 1.807) is 0 Å². The average molecular weight is 626 g/mol. The van der Waals surface area contributed by atoms with Gasteiger partial charge in [-0.15, -0.1) is 0 Å². The van der Waals surface area contributed by atoms with Crippen LogP contribution in [0.25, 0.3) is 94.0 Å². The van der Waals surface area contributed by atoms with Crippen molar-refractivity contribution in [3.05, 3.63) is 164 Å². The van der Waals surface area contributed by atoms with Gasteiger partial charge in [-0.2, -0.15) is 0 Å². The number of imidazole rings is 1. The fourth-order valence-electron chi connectivity index (χ4n) is 7.93. The Hall–Kier alpha value is -6.72. The van der Waals surface area contributed by atoms with Gasteiger partial charge in [-0.05, 0) is 48.5 Å². The molecule has 0 bridgehead atoms. The molecule has 0 aliphatic carbocycles. The number of aromatic nitrogens is 5. The molecule has 0 fully saturated rings. The minimum Gasteiger partial charge on any atom is -0.309 e. The highest BCUT2D eigenvalue weighted by Gasteiger charge is 2.23. The first kappa shape index (κ1) is 26.4. The van der Waals surface area contributed by atoms with Crippen LogP contribution in [0.3, 0.4) is 0 Å². The summed E-state index contributed by atoms with van der Waals surface area (Å²) in [6, 6.07) is 58.2. The molecule has 11 aromatic rings. The highest BCUT2D eigenvalue weighted by atomic mass is 15.1. The number of hydrogen-bond donors (Lipinski definition) is 0. The van der Waals surface area contributed by atoms with E-state index in [-0.39, 0.29) is 0 Å². The molecule has 228 valence electrons. The maximum absolute atomic E-state index is 5.61. The van der Waals surface area contributed by atoms with Gasteiger partial charge in [-0.1, -0.05) is 115 Å². The Morgan fingerprint density at radius 2 is 0.878 bits per heavy atom. The van der Waals surface area contributed by atoms with Crippen molar-refractivity contribution in [1.82, 2.24) is 23.5 Å². The number of hydrogen-bond acceptors (Lipinski definition) is 2. The van der Waals surface area contributed by atoms with Crippen molar-refractivity contribution < 1.29 is 0 Å². The van der Waals surface area contributed by atoms with Gasteiger partial charge in [0, 0.05) is 38.2 Å². The van der Waals surface area contributed by atoms with Crippen molar-refractivity contribution in [3.63, 3.8) is 0 Å². The fourth-order valence-corrected chi connectivity index (χ4v) is 7.93. The van der Waals surface area contributed by atoms with Gasteiger partial charge in [-0.25, -0.2) is 9.97 Å². The number of benzene rings is 7. The molecule has 0 spiro atoms. The van der Waals surface area contributed by atoms with Gasteiger partial charge in [0.25, 0.3) is 0 Å². The van der Waals surface area contributed by atoms with Gasteiger partial charge in [-0.3, -0.25) is 4.40 Å². The zero-order chi connectivity index (χ0) is 32.1. The number of fused-ring (bicyclic) bond motifs is 11. The lowest BCUT2D eigenvalue weighted by Gasteiger charge is -2.17. The Kier molecular flexibility index (Phi) is 5.32. The number of para-hydroxylation sites is 6. The van der Waals surface area contributed by atoms with Crippen LogP contribution in [-0.4, -0.2) is 23.5 Å².